The zero-order valence-corrected chi connectivity index (χ0v) is 14.0. The van der Waals surface area contributed by atoms with Crippen LogP contribution in [0.5, 0.6) is 0 Å². The van der Waals surface area contributed by atoms with Gasteiger partial charge in [0.2, 0.25) is 0 Å². The predicted molar refractivity (Wildman–Crippen MR) is 84.9 cm³/mol. The van der Waals surface area contributed by atoms with Crippen LogP contribution in [0.3, 0.4) is 0 Å². The van der Waals surface area contributed by atoms with Gasteiger partial charge in [0.25, 0.3) is 0 Å². The Labute approximate surface area is 130 Å². The highest BCUT2D eigenvalue weighted by Crippen LogP contribution is 2.25. The van der Waals surface area contributed by atoms with Crippen LogP contribution < -0.4 is 5.43 Å². The van der Waals surface area contributed by atoms with Crippen LogP contribution in [0.1, 0.15) is 17.5 Å². The van der Waals surface area contributed by atoms with Crippen molar-refractivity contribution in [2.24, 2.45) is 5.10 Å². The maximum absolute atomic E-state index is 5.31. The van der Waals surface area contributed by atoms with Crippen molar-refractivity contribution in [3.8, 4) is 0 Å². The average molecular weight is 363 g/mol. The molecule has 0 amide bonds. The highest BCUT2D eigenvalue weighted by atomic mass is 79.9. The number of thiocarbonyl (C=S) groups is 1. The highest BCUT2D eigenvalue weighted by molar-refractivity contribution is 9.10. The van der Waals surface area contributed by atoms with Gasteiger partial charge >= 0.3 is 0 Å². The molecule has 2 rings (SSSR count). The maximum Gasteiger partial charge on any atom is 0.189 e. The molecule has 1 aromatic rings. The third-order valence-electron chi connectivity index (χ3n) is 2.74. The van der Waals surface area contributed by atoms with Gasteiger partial charge in [0, 0.05) is 13.1 Å². The van der Waals surface area contributed by atoms with E-state index >= 15 is 0 Å². The lowest BCUT2D eigenvalue weighted by Gasteiger charge is -2.28. The summed E-state index contributed by atoms with van der Waals surface area (Å²) in [6, 6.07) is 0. The number of hydrazone groups is 1. The molecule has 8 heteroatoms. The van der Waals surface area contributed by atoms with Crippen molar-refractivity contribution < 1.29 is 4.74 Å². The summed E-state index contributed by atoms with van der Waals surface area (Å²) in [5.41, 5.74) is 4.78. The molecule has 2 heterocycles. The Hall–Kier alpha value is -0.570. The van der Waals surface area contributed by atoms with Crippen molar-refractivity contribution in [2.75, 3.05) is 26.3 Å². The fourth-order valence-corrected chi connectivity index (χ4v) is 3.27. The lowest BCUT2D eigenvalue weighted by molar-refractivity contribution is 0.0677. The van der Waals surface area contributed by atoms with E-state index in [1.54, 1.807) is 0 Å². The van der Waals surface area contributed by atoms with Crippen LogP contribution in [0, 0.1) is 6.92 Å². The van der Waals surface area contributed by atoms with E-state index in [1.807, 2.05) is 13.8 Å². The van der Waals surface area contributed by atoms with Crippen LogP contribution in [0.4, 0.5) is 0 Å². The number of aromatic nitrogens is 1. The van der Waals surface area contributed by atoms with Crippen LogP contribution in [0.25, 0.3) is 0 Å². The van der Waals surface area contributed by atoms with Crippen LogP contribution in [0.2, 0.25) is 0 Å². The van der Waals surface area contributed by atoms with Gasteiger partial charge < -0.3 is 9.64 Å². The molecule has 0 spiro atoms. The van der Waals surface area contributed by atoms with Gasteiger partial charge in [0.05, 0.1) is 34.0 Å². The van der Waals surface area contributed by atoms with Crippen molar-refractivity contribution >= 4 is 50.5 Å². The van der Waals surface area contributed by atoms with E-state index in [1.165, 1.54) is 11.5 Å². The molecule has 1 fully saturated rings. The maximum atomic E-state index is 5.31. The fourth-order valence-electron chi connectivity index (χ4n) is 1.60. The van der Waals surface area contributed by atoms with Gasteiger partial charge in [0.15, 0.2) is 5.11 Å². The molecule has 1 aromatic heterocycles. The van der Waals surface area contributed by atoms with E-state index in [0.717, 1.165) is 33.8 Å². The molecule has 0 aromatic carbocycles. The topological polar surface area (TPSA) is 49.8 Å². The number of morpholine rings is 1. The molecule has 0 aliphatic carbocycles. The Kier molecular flexibility index (Phi) is 5.26. The molecule has 0 bridgehead atoms. The van der Waals surface area contributed by atoms with Crippen molar-refractivity contribution in [3.05, 3.63) is 15.0 Å². The summed E-state index contributed by atoms with van der Waals surface area (Å²) in [5.74, 6) is 0. The molecule has 104 valence electrons. The summed E-state index contributed by atoms with van der Waals surface area (Å²) in [7, 11) is 0. The van der Waals surface area contributed by atoms with Gasteiger partial charge in [-0.25, -0.2) is 0 Å². The monoisotopic (exact) mass is 362 g/mol. The van der Waals surface area contributed by atoms with Crippen LogP contribution in [0.15, 0.2) is 9.57 Å². The number of nitrogens with one attached hydrogen (secondary N) is 1. The second-order valence-corrected chi connectivity index (χ2v) is 6.08. The Morgan fingerprint density at radius 3 is 2.79 bits per heavy atom. The Morgan fingerprint density at radius 2 is 2.21 bits per heavy atom. The molecule has 19 heavy (non-hydrogen) atoms. The third kappa shape index (κ3) is 3.71. The summed E-state index contributed by atoms with van der Waals surface area (Å²) in [6.45, 7) is 6.94. The van der Waals surface area contributed by atoms with Crippen molar-refractivity contribution in [2.45, 2.75) is 13.8 Å². The molecule has 5 nitrogen and oxygen atoms in total. The average Bonchev–Trinajstić information content (AvgIpc) is 2.77. The number of hydrogen-bond acceptors (Lipinski definition) is 5. The zero-order chi connectivity index (χ0) is 13.8. The Balaban J connectivity index is 1.97. The summed E-state index contributed by atoms with van der Waals surface area (Å²) >= 11 is 10.2. The number of rotatable bonds is 2. The molecule has 0 atom stereocenters. The molecule has 0 radical (unpaired) electrons. The molecule has 1 N–H and O–H groups in total. The number of hydrogen-bond donors (Lipinski definition) is 1. The summed E-state index contributed by atoms with van der Waals surface area (Å²) in [6.07, 6.45) is 0. The van der Waals surface area contributed by atoms with Crippen molar-refractivity contribution in [3.63, 3.8) is 0 Å². The van der Waals surface area contributed by atoms with Crippen molar-refractivity contribution in [1.29, 1.82) is 0 Å². The SMILES string of the molecule is C/C(=N/NC(=S)N1CCOCC1)c1snc(C)c1Br. The smallest absolute Gasteiger partial charge is 0.189 e. The highest BCUT2D eigenvalue weighted by Gasteiger charge is 2.14. The number of aryl methyl sites for hydroxylation is 1. The summed E-state index contributed by atoms with van der Waals surface area (Å²) < 4.78 is 10.6. The molecule has 1 aliphatic rings. The molecular weight excluding hydrogens is 348 g/mol. The standard InChI is InChI=1S/C11H15BrN4OS2/c1-7-9(12)10(19-15-7)8(2)13-14-11(18)16-3-5-17-6-4-16/h3-6H2,1-2H3,(H,14,18)/b13-8-. The first-order chi connectivity index (χ1) is 9.09. The lowest BCUT2D eigenvalue weighted by atomic mass is 10.3. The van der Waals surface area contributed by atoms with Crippen molar-refractivity contribution in [1.82, 2.24) is 14.7 Å². The number of ether oxygens (including phenoxy) is 1. The largest absolute Gasteiger partial charge is 0.378 e. The van der Waals surface area contributed by atoms with E-state index in [4.69, 9.17) is 17.0 Å². The van der Waals surface area contributed by atoms with Gasteiger partial charge in [-0.1, -0.05) is 0 Å². The molecule has 1 saturated heterocycles. The first-order valence-corrected chi connectivity index (χ1v) is 7.86. The number of halogens is 1. The summed E-state index contributed by atoms with van der Waals surface area (Å²) in [4.78, 5) is 3.08. The Bertz CT molecular complexity index is 497. The fraction of sp³-hybridized carbons (Fsp3) is 0.545. The normalized spacial score (nSPS) is 16.6. The third-order valence-corrected chi connectivity index (χ3v) is 5.37. The Morgan fingerprint density at radius 1 is 1.53 bits per heavy atom. The minimum Gasteiger partial charge on any atom is -0.378 e. The van der Waals surface area contributed by atoms with Gasteiger partial charge in [0.1, 0.15) is 0 Å². The molecule has 1 aliphatic heterocycles. The second kappa shape index (κ2) is 6.74. The van der Waals surface area contributed by atoms with E-state index in [-0.39, 0.29) is 0 Å². The van der Waals surface area contributed by atoms with Gasteiger partial charge in [-0.05, 0) is 53.5 Å². The van der Waals surface area contributed by atoms with Crippen LogP contribution >= 0.6 is 39.7 Å². The molecular formula is C11H15BrN4OS2. The quantitative estimate of drug-likeness (QED) is 0.496. The van der Waals surface area contributed by atoms with Crippen LogP contribution in [-0.2, 0) is 4.74 Å². The molecule has 0 unspecified atom stereocenters. The molecule has 0 saturated carbocycles. The van der Waals surface area contributed by atoms with Gasteiger partial charge in [-0.15, -0.1) is 0 Å². The zero-order valence-electron chi connectivity index (χ0n) is 10.8. The van der Waals surface area contributed by atoms with E-state index in [0.29, 0.717) is 18.3 Å². The number of nitrogens with zero attached hydrogens (tertiary/aromatic N) is 3. The first-order valence-electron chi connectivity index (χ1n) is 5.88. The summed E-state index contributed by atoms with van der Waals surface area (Å²) in [5, 5.41) is 4.97. The van der Waals surface area contributed by atoms with E-state index in [2.05, 4.69) is 35.7 Å². The predicted octanol–water partition coefficient (Wildman–Crippen LogP) is 2.14. The van der Waals surface area contributed by atoms with Gasteiger partial charge in [-0.2, -0.15) is 9.47 Å². The van der Waals surface area contributed by atoms with E-state index in [9.17, 15) is 0 Å². The minimum absolute atomic E-state index is 0.639. The lowest BCUT2D eigenvalue weighted by Crippen LogP contribution is -2.44. The first kappa shape index (κ1) is 14.8. The minimum atomic E-state index is 0.639. The van der Waals surface area contributed by atoms with Crippen LogP contribution in [-0.4, -0.2) is 46.4 Å². The second-order valence-electron chi connectivity index (χ2n) is 4.12. The van der Waals surface area contributed by atoms with Gasteiger partial charge in [-0.3, -0.25) is 5.43 Å². The van der Waals surface area contributed by atoms with E-state index < -0.39 is 0 Å².